The third-order valence-electron chi connectivity index (χ3n) is 3.84. The Bertz CT molecular complexity index is 820. The zero-order valence-electron chi connectivity index (χ0n) is 11.7. The molecule has 23 heavy (non-hydrogen) atoms. The van der Waals surface area contributed by atoms with Crippen molar-refractivity contribution in [3.05, 3.63) is 24.7 Å². The van der Waals surface area contributed by atoms with Crippen molar-refractivity contribution in [2.24, 2.45) is 0 Å². The average molecular weight is 319 g/mol. The summed E-state index contributed by atoms with van der Waals surface area (Å²) in [6.45, 7) is -0.401. The Morgan fingerprint density at radius 2 is 1.91 bits per heavy atom. The van der Waals surface area contributed by atoms with Crippen molar-refractivity contribution in [2.75, 3.05) is 6.61 Å². The van der Waals surface area contributed by atoms with Crippen LogP contribution in [-0.4, -0.2) is 75.2 Å². The van der Waals surface area contributed by atoms with E-state index in [0.717, 1.165) is 0 Å². The molecule has 11 heteroatoms. The minimum atomic E-state index is -1.20. The topological polar surface area (TPSA) is 155 Å². The lowest BCUT2D eigenvalue weighted by Gasteiger charge is -2.12. The third kappa shape index (κ3) is 2.09. The molecule has 1 aliphatic heterocycles. The number of aromatic nitrogens is 7. The van der Waals surface area contributed by atoms with Crippen LogP contribution < -0.4 is 0 Å². The molecule has 0 aliphatic carbocycles. The number of hydrogen-bond acceptors (Lipinski definition) is 9. The number of aromatic amines is 1. The molecule has 11 nitrogen and oxygen atoms in total. The van der Waals surface area contributed by atoms with Crippen molar-refractivity contribution in [1.82, 2.24) is 34.9 Å². The molecule has 0 saturated carbocycles. The first-order chi connectivity index (χ1) is 11.2. The maximum Gasteiger partial charge on any atom is 0.171 e. The van der Waals surface area contributed by atoms with E-state index in [0.29, 0.717) is 22.5 Å². The van der Waals surface area contributed by atoms with Gasteiger partial charge in [-0.05, 0) is 0 Å². The van der Waals surface area contributed by atoms with Gasteiger partial charge in [0.05, 0.1) is 12.3 Å². The monoisotopic (exact) mass is 319 g/mol. The lowest BCUT2D eigenvalue weighted by molar-refractivity contribution is -0.0236. The van der Waals surface area contributed by atoms with Gasteiger partial charge in [-0.25, -0.2) is 9.97 Å². The Hall–Kier alpha value is -2.47. The van der Waals surface area contributed by atoms with Crippen LogP contribution >= 0.6 is 0 Å². The Balaban J connectivity index is 1.80. The highest BCUT2D eigenvalue weighted by atomic mass is 16.6. The summed E-state index contributed by atoms with van der Waals surface area (Å²) >= 11 is 0. The molecular weight excluding hydrogens is 306 g/mol. The van der Waals surface area contributed by atoms with E-state index in [9.17, 15) is 15.3 Å². The SMILES string of the molecule is OC[C@H]1O[C@@H](c2[nH]nc3c(-n4cnnc4)ncnc23)[C@H](O)[C@@H]1O. The Kier molecular flexibility index (Phi) is 3.27. The van der Waals surface area contributed by atoms with E-state index in [4.69, 9.17) is 4.74 Å². The molecule has 4 rings (SSSR count). The smallest absolute Gasteiger partial charge is 0.171 e. The Labute approximate surface area is 128 Å². The molecule has 1 aliphatic rings. The van der Waals surface area contributed by atoms with Gasteiger partial charge in [-0.3, -0.25) is 9.67 Å². The van der Waals surface area contributed by atoms with Crippen LogP contribution in [0, 0.1) is 0 Å². The van der Waals surface area contributed by atoms with Gasteiger partial charge in [0.1, 0.15) is 48.9 Å². The van der Waals surface area contributed by atoms with Crippen LogP contribution in [0.1, 0.15) is 11.8 Å². The van der Waals surface area contributed by atoms with Crippen molar-refractivity contribution >= 4 is 11.0 Å². The summed E-state index contributed by atoms with van der Waals surface area (Å²) in [6.07, 6.45) is 0.151. The molecule has 1 saturated heterocycles. The Morgan fingerprint density at radius 3 is 2.61 bits per heavy atom. The number of ether oxygens (including phenoxy) is 1. The van der Waals surface area contributed by atoms with Gasteiger partial charge in [0.25, 0.3) is 0 Å². The quantitative estimate of drug-likeness (QED) is 0.432. The maximum atomic E-state index is 10.1. The third-order valence-corrected chi connectivity index (χ3v) is 3.84. The lowest BCUT2D eigenvalue weighted by atomic mass is 10.1. The van der Waals surface area contributed by atoms with Crippen LogP contribution in [0.25, 0.3) is 16.9 Å². The van der Waals surface area contributed by atoms with Crippen molar-refractivity contribution in [3.63, 3.8) is 0 Å². The summed E-state index contributed by atoms with van der Waals surface area (Å²) in [5.74, 6) is 0.467. The molecule has 4 N–H and O–H groups in total. The van der Waals surface area contributed by atoms with Gasteiger partial charge in [-0.15, -0.1) is 10.2 Å². The lowest BCUT2D eigenvalue weighted by Crippen LogP contribution is -2.32. The highest BCUT2D eigenvalue weighted by Gasteiger charge is 2.44. The molecule has 0 radical (unpaired) electrons. The molecular formula is C12H13N7O4. The first-order valence-electron chi connectivity index (χ1n) is 6.87. The van der Waals surface area contributed by atoms with Crippen molar-refractivity contribution in [1.29, 1.82) is 0 Å². The second-order valence-corrected chi connectivity index (χ2v) is 5.16. The van der Waals surface area contributed by atoms with E-state index in [1.54, 1.807) is 4.57 Å². The van der Waals surface area contributed by atoms with Gasteiger partial charge in [-0.1, -0.05) is 0 Å². The van der Waals surface area contributed by atoms with Crippen molar-refractivity contribution in [3.8, 4) is 5.82 Å². The van der Waals surface area contributed by atoms with Gasteiger partial charge >= 0.3 is 0 Å². The molecule has 0 bridgehead atoms. The van der Waals surface area contributed by atoms with E-state index in [2.05, 4.69) is 30.4 Å². The van der Waals surface area contributed by atoms with E-state index in [1.807, 2.05) is 0 Å². The fraction of sp³-hybridized carbons (Fsp3) is 0.417. The van der Waals surface area contributed by atoms with Crippen LogP contribution in [-0.2, 0) is 4.74 Å². The van der Waals surface area contributed by atoms with Gasteiger partial charge in [-0.2, -0.15) is 5.10 Å². The number of aliphatic hydroxyl groups excluding tert-OH is 3. The molecule has 0 aromatic carbocycles. The van der Waals surface area contributed by atoms with Gasteiger partial charge in [0.15, 0.2) is 11.3 Å². The molecule has 4 heterocycles. The molecule has 3 aromatic rings. The number of hydrogen-bond donors (Lipinski definition) is 4. The molecule has 1 fully saturated rings. The van der Waals surface area contributed by atoms with Crippen LogP contribution in [0.4, 0.5) is 0 Å². The van der Waals surface area contributed by atoms with Crippen molar-refractivity contribution in [2.45, 2.75) is 24.4 Å². The zero-order valence-corrected chi connectivity index (χ0v) is 11.7. The maximum absolute atomic E-state index is 10.1. The normalized spacial score (nSPS) is 27.8. The predicted molar refractivity (Wildman–Crippen MR) is 73.3 cm³/mol. The molecule has 3 aromatic heterocycles. The number of H-pyrrole nitrogens is 1. The Morgan fingerprint density at radius 1 is 1.13 bits per heavy atom. The first-order valence-corrected chi connectivity index (χ1v) is 6.87. The van der Waals surface area contributed by atoms with E-state index < -0.39 is 31.0 Å². The summed E-state index contributed by atoms with van der Waals surface area (Å²) in [6, 6.07) is 0. The zero-order chi connectivity index (χ0) is 16.0. The number of rotatable bonds is 3. The highest BCUT2D eigenvalue weighted by Crippen LogP contribution is 2.35. The average Bonchev–Trinajstić information content (AvgIpc) is 3.28. The van der Waals surface area contributed by atoms with Gasteiger partial charge in [0, 0.05) is 0 Å². The van der Waals surface area contributed by atoms with E-state index in [1.165, 1.54) is 19.0 Å². The number of nitrogens with zero attached hydrogens (tertiary/aromatic N) is 6. The summed E-state index contributed by atoms with van der Waals surface area (Å²) in [4.78, 5) is 8.32. The molecule has 0 spiro atoms. The fourth-order valence-electron chi connectivity index (χ4n) is 2.67. The van der Waals surface area contributed by atoms with E-state index >= 15 is 0 Å². The second-order valence-electron chi connectivity index (χ2n) is 5.16. The van der Waals surface area contributed by atoms with E-state index in [-0.39, 0.29) is 0 Å². The minimum Gasteiger partial charge on any atom is -0.394 e. The van der Waals surface area contributed by atoms with Gasteiger partial charge < -0.3 is 20.1 Å². The highest BCUT2D eigenvalue weighted by molar-refractivity contribution is 5.83. The molecule has 0 amide bonds. The molecule has 0 unspecified atom stereocenters. The molecule has 120 valence electrons. The largest absolute Gasteiger partial charge is 0.394 e. The summed E-state index contributed by atoms with van der Waals surface area (Å²) in [7, 11) is 0. The predicted octanol–water partition coefficient (Wildman–Crippen LogP) is -1.91. The number of aliphatic hydroxyl groups is 3. The number of fused-ring (bicyclic) bond motifs is 1. The minimum absolute atomic E-state index is 0.401. The van der Waals surface area contributed by atoms with Crippen LogP contribution in [0.2, 0.25) is 0 Å². The van der Waals surface area contributed by atoms with Crippen molar-refractivity contribution < 1.29 is 20.1 Å². The van der Waals surface area contributed by atoms with Crippen LogP contribution in [0.3, 0.4) is 0 Å². The van der Waals surface area contributed by atoms with Gasteiger partial charge in [0.2, 0.25) is 0 Å². The number of nitrogens with one attached hydrogen (secondary N) is 1. The van der Waals surface area contributed by atoms with Crippen LogP contribution in [0.5, 0.6) is 0 Å². The fourth-order valence-corrected chi connectivity index (χ4v) is 2.67. The summed E-state index contributed by atoms with van der Waals surface area (Å²) in [5.41, 5.74) is 1.29. The second kappa shape index (κ2) is 5.31. The summed E-state index contributed by atoms with van der Waals surface area (Å²) < 4.78 is 7.08. The summed E-state index contributed by atoms with van der Waals surface area (Å²) in [5, 5.41) is 43.6. The van der Waals surface area contributed by atoms with Crippen LogP contribution in [0.15, 0.2) is 19.0 Å². The molecule has 4 atom stereocenters. The standard InChI is InChI=1S/C12H13N7O4/c20-1-5-9(21)10(22)11(23-5)7-6-8(18-17-7)12(14-2-13-6)19-3-15-16-4-19/h2-5,9-11,20-22H,1H2,(H,17,18)/t5-,9-,10-,11+/m1/s1. The first kappa shape index (κ1) is 14.1.